The van der Waals surface area contributed by atoms with Crippen molar-refractivity contribution < 1.29 is 0 Å². The first kappa shape index (κ1) is 12.3. The Morgan fingerprint density at radius 2 is 2.24 bits per heavy atom. The van der Waals surface area contributed by atoms with Crippen LogP contribution in [0.1, 0.15) is 12.5 Å². The summed E-state index contributed by atoms with van der Waals surface area (Å²) in [6.07, 6.45) is 0. The third-order valence-corrected chi connectivity index (χ3v) is 4.12. The van der Waals surface area contributed by atoms with Crippen molar-refractivity contribution in [2.24, 2.45) is 10.7 Å². The Morgan fingerprint density at radius 3 is 2.94 bits per heavy atom. The zero-order valence-electron chi connectivity index (χ0n) is 10.2. The summed E-state index contributed by atoms with van der Waals surface area (Å²) in [6, 6.07) is 10.7. The van der Waals surface area contributed by atoms with Crippen LogP contribution in [-0.4, -0.2) is 35.0 Å². The first-order valence-electron chi connectivity index (χ1n) is 5.95. The highest BCUT2D eigenvalue weighted by Gasteiger charge is 2.19. The Balaban J connectivity index is 1.96. The molecule has 0 spiro atoms. The molecular formula is C13H19N3S. The van der Waals surface area contributed by atoms with Crippen molar-refractivity contribution in [3.8, 4) is 0 Å². The molecule has 2 N–H and O–H groups in total. The van der Waals surface area contributed by atoms with Gasteiger partial charge in [-0.25, -0.2) is 4.99 Å². The summed E-state index contributed by atoms with van der Waals surface area (Å²) >= 11 is 1.99. The number of hydrogen-bond acceptors (Lipinski definition) is 2. The van der Waals surface area contributed by atoms with Crippen molar-refractivity contribution in [3.05, 3.63) is 35.9 Å². The molecular weight excluding hydrogens is 230 g/mol. The molecule has 0 amide bonds. The zero-order valence-corrected chi connectivity index (χ0v) is 11.0. The molecule has 1 aliphatic heterocycles. The van der Waals surface area contributed by atoms with Crippen LogP contribution in [0.5, 0.6) is 0 Å². The maximum Gasteiger partial charge on any atom is 0.191 e. The van der Waals surface area contributed by atoms with E-state index in [1.807, 2.05) is 30.0 Å². The van der Waals surface area contributed by atoms with Gasteiger partial charge in [-0.3, -0.25) is 0 Å². The maximum atomic E-state index is 6.05. The predicted octanol–water partition coefficient (Wildman–Crippen LogP) is 1.94. The topological polar surface area (TPSA) is 41.6 Å². The van der Waals surface area contributed by atoms with Gasteiger partial charge >= 0.3 is 0 Å². The fraction of sp³-hybridized carbons (Fsp3) is 0.462. The minimum absolute atomic E-state index is 0.494. The summed E-state index contributed by atoms with van der Waals surface area (Å²) < 4.78 is 0. The molecule has 3 nitrogen and oxygen atoms in total. The number of guanidine groups is 1. The predicted molar refractivity (Wildman–Crippen MR) is 75.3 cm³/mol. The second kappa shape index (κ2) is 5.96. The normalized spacial score (nSPS) is 21.6. The molecule has 17 heavy (non-hydrogen) atoms. The molecule has 1 heterocycles. The zero-order chi connectivity index (χ0) is 12.1. The molecule has 0 radical (unpaired) electrons. The van der Waals surface area contributed by atoms with Gasteiger partial charge in [-0.05, 0) is 12.5 Å². The summed E-state index contributed by atoms with van der Waals surface area (Å²) in [5.74, 6) is 2.97. The van der Waals surface area contributed by atoms with Crippen molar-refractivity contribution in [2.45, 2.75) is 19.5 Å². The molecule has 2 rings (SSSR count). The third kappa shape index (κ3) is 3.40. The highest BCUT2D eigenvalue weighted by molar-refractivity contribution is 7.99. The number of rotatable bonds is 2. The van der Waals surface area contributed by atoms with Crippen molar-refractivity contribution in [3.63, 3.8) is 0 Å². The van der Waals surface area contributed by atoms with Crippen LogP contribution in [0.15, 0.2) is 35.3 Å². The largest absolute Gasteiger partial charge is 0.370 e. The summed E-state index contributed by atoms with van der Waals surface area (Å²) in [6.45, 7) is 3.88. The van der Waals surface area contributed by atoms with E-state index in [0.717, 1.165) is 18.1 Å². The lowest BCUT2D eigenvalue weighted by Crippen LogP contribution is -2.48. The van der Waals surface area contributed by atoms with Gasteiger partial charge in [-0.2, -0.15) is 11.8 Å². The molecule has 0 bridgehead atoms. The first-order chi connectivity index (χ1) is 8.27. The first-order valence-corrected chi connectivity index (χ1v) is 7.11. The van der Waals surface area contributed by atoms with Gasteiger partial charge in [0.15, 0.2) is 5.96 Å². The Hall–Kier alpha value is -1.16. The van der Waals surface area contributed by atoms with E-state index in [4.69, 9.17) is 5.73 Å². The highest BCUT2D eigenvalue weighted by atomic mass is 32.2. The molecule has 1 aromatic carbocycles. The van der Waals surface area contributed by atoms with Crippen LogP contribution in [-0.2, 0) is 6.54 Å². The van der Waals surface area contributed by atoms with E-state index in [-0.39, 0.29) is 0 Å². The molecule has 1 atom stereocenters. The Labute approximate surface area is 107 Å². The fourth-order valence-corrected chi connectivity index (χ4v) is 2.93. The lowest BCUT2D eigenvalue weighted by atomic mass is 10.2. The number of aliphatic imine (C=N–C) groups is 1. The number of nitrogens with two attached hydrogens (primary N) is 1. The second-order valence-corrected chi connectivity index (χ2v) is 5.43. The Kier molecular flexibility index (Phi) is 4.31. The summed E-state index contributed by atoms with van der Waals surface area (Å²) in [5, 5.41) is 0. The van der Waals surface area contributed by atoms with Gasteiger partial charge in [0.2, 0.25) is 0 Å². The van der Waals surface area contributed by atoms with E-state index >= 15 is 0 Å². The lowest BCUT2D eigenvalue weighted by molar-refractivity contribution is 0.360. The molecule has 1 aliphatic rings. The molecule has 1 fully saturated rings. The summed E-state index contributed by atoms with van der Waals surface area (Å²) in [4.78, 5) is 6.69. The highest BCUT2D eigenvalue weighted by Crippen LogP contribution is 2.15. The van der Waals surface area contributed by atoms with E-state index in [2.05, 4.69) is 28.9 Å². The van der Waals surface area contributed by atoms with Gasteiger partial charge in [-0.1, -0.05) is 30.3 Å². The van der Waals surface area contributed by atoms with E-state index in [1.165, 1.54) is 5.56 Å². The van der Waals surface area contributed by atoms with Crippen molar-refractivity contribution >= 4 is 17.7 Å². The summed E-state index contributed by atoms with van der Waals surface area (Å²) in [7, 11) is 0. The van der Waals surface area contributed by atoms with Crippen LogP contribution in [0.25, 0.3) is 0 Å². The Bertz CT molecular complexity index is 378. The lowest BCUT2D eigenvalue weighted by Gasteiger charge is -2.33. The van der Waals surface area contributed by atoms with Gasteiger partial charge in [-0.15, -0.1) is 0 Å². The molecule has 0 saturated carbocycles. The number of hydrogen-bond donors (Lipinski definition) is 1. The van der Waals surface area contributed by atoms with Crippen molar-refractivity contribution in [1.82, 2.24) is 4.90 Å². The molecule has 0 aromatic heterocycles. The number of benzene rings is 1. The number of thioether (sulfide) groups is 1. The van der Waals surface area contributed by atoms with Crippen LogP contribution >= 0.6 is 11.8 Å². The van der Waals surface area contributed by atoms with Gasteiger partial charge in [0.25, 0.3) is 0 Å². The number of nitrogens with zero attached hydrogens (tertiary/aromatic N) is 2. The van der Waals surface area contributed by atoms with Crippen molar-refractivity contribution in [2.75, 3.05) is 18.1 Å². The molecule has 4 heteroatoms. The van der Waals surface area contributed by atoms with Gasteiger partial charge in [0.1, 0.15) is 0 Å². The molecule has 1 unspecified atom stereocenters. The van der Waals surface area contributed by atoms with E-state index in [9.17, 15) is 0 Å². The van der Waals surface area contributed by atoms with Gasteiger partial charge < -0.3 is 10.6 Å². The van der Waals surface area contributed by atoms with E-state index < -0.39 is 0 Å². The SMILES string of the molecule is CC1CSCCN1C(N)=NCc1ccccc1. The average molecular weight is 249 g/mol. The summed E-state index contributed by atoms with van der Waals surface area (Å²) in [5.41, 5.74) is 7.26. The second-order valence-electron chi connectivity index (χ2n) is 4.28. The van der Waals surface area contributed by atoms with Crippen LogP contribution in [0.2, 0.25) is 0 Å². The molecule has 1 aromatic rings. The molecule has 0 aliphatic carbocycles. The van der Waals surface area contributed by atoms with E-state index in [1.54, 1.807) is 0 Å². The van der Waals surface area contributed by atoms with Crippen LogP contribution in [0.3, 0.4) is 0 Å². The molecule has 1 saturated heterocycles. The minimum atomic E-state index is 0.494. The minimum Gasteiger partial charge on any atom is -0.370 e. The van der Waals surface area contributed by atoms with Gasteiger partial charge in [0.05, 0.1) is 6.54 Å². The maximum absolute atomic E-state index is 6.05. The van der Waals surface area contributed by atoms with Crippen LogP contribution in [0, 0.1) is 0 Å². The van der Waals surface area contributed by atoms with Crippen LogP contribution < -0.4 is 5.73 Å². The standard InChI is InChI=1S/C13H19N3S/c1-11-10-17-8-7-16(11)13(14)15-9-12-5-3-2-4-6-12/h2-6,11H,7-10H2,1H3,(H2,14,15). The van der Waals surface area contributed by atoms with Crippen LogP contribution in [0.4, 0.5) is 0 Å². The van der Waals surface area contributed by atoms with Gasteiger partial charge in [0, 0.05) is 24.1 Å². The quantitative estimate of drug-likeness (QED) is 0.643. The molecule has 92 valence electrons. The smallest absolute Gasteiger partial charge is 0.191 e. The van der Waals surface area contributed by atoms with Crippen molar-refractivity contribution in [1.29, 1.82) is 0 Å². The average Bonchev–Trinajstić information content (AvgIpc) is 2.38. The fourth-order valence-electron chi connectivity index (χ4n) is 1.91. The third-order valence-electron chi connectivity index (χ3n) is 2.93. The van der Waals surface area contributed by atoms with E-state index in [0.29, 0.717) is 18.5 Å². The Morgan fingerprint density at radius 1 is 1.47 bits per heavy atom. The monoisotopic (exact) mass is 249 g/mol.